The quantitative estimate of drug-likeness (QED) is 0.618. The third-order valence-corrected chi connectivity index (χ3v) is 2.02. The highest BCUT2D eigenvalue weighted by Gasteiger charge is 2.21. The average Bonchev–Trinajstić information content (AvgIpc) is 2.28. The van der Waals surface area contributed by atoms with Crippen molar-refractivity contribution >= 4 is 11.7 Å². The van der Waals surface area contributed by atoms with Crippen molar-refractivity contribution in [1.82, 2.24) is 0 Å². The van der Waals surface area contributed by atoms with Crippen molar-refractivity contribution in [2.75, 3.05) is 7.11 Å². The van der Waals surface area contributed by atoms with E-state index in [2.05, 4.69) is 0 Å². The Balaban J connectivity index is 3.09. The SMILES string of the molecule is COc1ccc([N+](=O)[O-])c(O[C@H](C)C(=O)O)c1. The van der Waals surface area contributed by atoms with Gasteiger partial charge in [0.25, 0.3) is 0 Å². The van der Waals surface area contributed by atoms with Crippen LogP contribution in [0.5, 0.6) is 11.5 Å². The fourth-order valence-corrected chi connectivity index (χ4v) is 1.11. The summed E-state index contributed by atoms with van der Waals surface area (Å²) < 4.78 is 9.87. The van der Waals surface area contributed by atoms with Crippen molar-refractivity contribution in [3.63, 3.8) is 0 Å². The Hall–Kier alpha value is -2.31. The standard InChI is InChI=1S/C10H11NO6/c1-6(10(12)13)17-9-5-7(16-2)3-4-8(9)11(14)15/h3-6H,1-2H3,(H,12,13)/t6-/m1/s1. The molecule has 1 aromatic rings. The molecule has 0 radical (unpaired) electrons. The highest BCUT2D eigenvalue weighted by atomic mass is 16.6. The highest BCUT2D eigenvalue weighted by Crippen LogP contribution is 2.31. The monoisotopic (exact) mass is 241 g/mol. The van der Waals surface area contributed by atoms with Gasteiger partial charge in [-0.15, -0.1) is 0 Å². The van der Waals surface area contributed by atoms with Gasteiger partial charge < -0.3 is 14.6 Å². The van der Waals surface area contributed by atoms with E-state index in [1.807, 2.05) is 0 Å². The van der Waals surface area contributed by atoms with Crippen LogP contribution in [0.25, 0.3) is 0 Å². The van der Waals surface area contributed by atoms with E-state index in [1.54, 1.807) is 0 Å². The number of hydrogen-bond donors (Lipinski definition) is 1. The molecule has 1 rings (SSSR count). The van der Waals surface area contributed by atoms with Crippen molar-refractivity contribution in [1.29, 1.82) is 0 Å². The van der Waals surface area contributed by atoms with E-state index < -0.39 is 17.0 Å². The molecule has 7 nitrogen and oxygen atoms in total. The van der Waals surface area contributed by atoms with E-state index in [9.17, 15) is 14.9 Å². The lowest BCUT2D eigenvalue weighted by Crippen LogP contribution is -2.23. The normalized spacial score (nSPS) is 11.6. The molecular weight excluding hydrogens is 230 g/mol. The Bertz CT molecular complexity index is 444. The molecular formula is C10H11NO6. The second kappa shape index (κ2) is 5.15. The van der Waals surface area contributed by atoms with E-state index in [-0.39, 0.29) is 11.4 Å². The molecule has 0 saturated heterocycles. The maximum Gasteiger partial charge on any atom is 0.344 e. The summed E-state index contributed by atoms with van der Waals surface area (Å²) in [5.74, 6) is -0.991. The van der Waals surface area contributed by atoms with E-state index >= 15 is 0 Å². The third kappa shape index (κ3) is 3.07. The first-order chi connectivity index (χ1) is 7.95. The largest absolute Gasteiger partial charge is 0.497 e. The number of benzene rings is 1. The Labute approximate surface area is 96.7 Å². The molecule has 1 aromatic carbocycles. The minimum atomic E-state index is -1.21. The zero-order chi connectivity index (χ0) is 13.0. The second-order valence-electron chi connectivity index (χ2n) is 3.19. The van der Waals surface area contributed by atoms with E-state index in [4.69, 9.17) is 14.6 Å². The number of hydrogen-bond acceptors (Lipinski definition) is 5. The molecule has 0 amide bonds. The fourth-order valence-electron chi connectivity index (χ4n) is 1.11. The Morgan fingerprint density at radius 3 is 2.65 bits per heavy atom. The van der Waals surface area contributed by atoms with Crippen LogP contribution in [0.1, 0.15) is 6.92 Å². The molecule has 0 heterocycles. The van der Waals surface area contributed by atoms with Crippen molar-refractivity contribution in [3.8, 4) is 11.5 Å². The Morgan fingerprint density at radius 2 is 2.18 bits per heavy atom. The van der Waals surface area contributed by atoms with Crippen molar-refractivity contribution < 1.29 is 24.3 Å². The zero-order valence-corrected chi connectivity index (χ0v) is 9.25. The molecule has 1 atom stereocenters. The van der Waals surface area contributed by atoms with Crippen LogP contribution in [0.3, 0.4) is 0 Å². The second-order valence-corrected chi connectivity index (χ2v) is 3.19. The lowest BCUT2D eigenvalue weighted by atomic mass is 10.2. The van der Waals surface area contributed by atoms with Gasteiger partial charge in [-0.25, -0.2) is 4.79 Å². The van der Waals surface area contributed by atoms with Gasteiger partial charge in [-0.1, -0.05) is 0 Å². The molecule has 17 heavy (non-hydrogen) atoms. The average molecular weight is 241 g/mol. The summed E-state index contributed by atoms with van der Waals surface area (Å²) in [7, 11) is 1.39. The predicted molar refractivity (Wildman–Crippen MR) is 57.4 cm³/mol. The molecule has 1 N–H and O–H groups in total. The minimum absolute atomic E-state index is 0.135. The summed E-state index contributed by atoms with van der Waals surface area (Å²) in [6.07, 6.45) is -1.18. The number of aliphatic carboxylic acids is 1. The maximum absolute atomic E-state index is 10.7. The first-order valence-corrected chi connectivity index (χ1v) is 4.67. The van der Waals surface area contributed by atoms with Crippen LogP contribution in [0.2, 0.25) is 0 Å². The van der Waals surface area contributed by atoms with E-state index in [0.29, 0.717) is 5.75 Å². The number of carboxylic acid groups (broad SMARTS) is 1. The van der Waals surface area contributed by atoms with Crippen LogP contribution in [0, 0.1) is 10.1 Å². The number of methoxy groups -OCH3 is 1. The van der Waals surface area contributed by atoms with E-state index in [1.165, 1.54) is 32.2 Å². The van der Waals surface area contributed by atoms with Gasteiger partial charge in [-0.2, -0.15) is 0 Å². The van der Waals surface area contributed by atoms with Crippen LogP contribution < -0.4 is 9.47 Å². The predicted octanol–water partition coefficient (Wildman–Crippen LogP) is 1.46. The summed E-state index contributed by atoms with van der Waals surface area (Å²) >= 11 is 0. The van der Waals surface area contributed by atoms with Crippen LogP contribution in [0.4, 0.5) is 5.69 Å². The summed E-state index contributed by atoms with van der Waals surface area (Å²) in [5, 5.41) is 19.4. The summed E-state index contributed by atoms with van der Waals surface area (Å²) in [5.41, 5.74) is -0.307. The lowest BCUT2D eigenvalue weighted by molar-refractivity contribution is -0.386. The Kier molecular flexibility index (Phi) is 3.86. The topological polar surface area (TPSA) is 98.9 Å². The molecule has 0 bridgehead atoms. The van der Waals surface area contributed by atoms with Gasteiger partial charge in [0.05, 0.1) is 12.0 Å². The third-order valence-electron chi connectivity index (χ3n) is 2.02. The van der Waals surface area contributed by atoms with Crippen LogP contribution in [0.15, 0.2) is 18.2 Å². The Morgan fingerprint density at radius 1 is 1.53 bits per heavy atom. The number of carboxylic acids is 1. The molecule has 0 spiro atoms. The molecule has 92 valence electrons. The van der Waals surface area contributed by atoms with Gasteiger partial charge in [0.1, 0.15) is 5.75 Å². The summed E-state index contributed by atoms with van der Waals surface area (Å²) in [4.78, 5) is 20.7. The van der Waals surface area contributed by atoms with Gasteiger partial charge in [0.2, 0.25) is 5.75 Å². The van der Waals surface area contributed by atoms with Gasteiger partial charge in [-0.3, -0.25) is 10.1 Å². The van der Waals surface area contributed by atoms with E-state index in [0.717, 1.165) is 0 Å². The minimum Gasteiger partial charge on any atom is -0.497 e. The number of carbonyl (C=O) groups is 1. The molecule has 0 unspecified atom stereocenters. The van der Waals surface area contributed by atoms with Crippen molar-refractivity contribution in [2.24, 2.45) is 0 Å². The molecule has 0 saturated carbocycles. The number of nitro benzene ring substituents is 1. The van der Waals surface area contributed by atoms with Crippen LogP contribution in [-0.4, -0.2) is 29.2 Å². The summed E-state index contributed by atoms with van der Waals surface area (Å²) in [6.45, 7) is 1.28. The molecule has 0 aliphatic carbocycles. The fraction of sp³-hybridized carbons (Fsp3) is 0.300. The zero-order valence-electron chi connectivity index (χ0n) is 9.25. The molecule has 0 aromatic heterocycles. The highest BCUT2D eigenvalue weighted by molar-refractivity contribution is 5.72. The van der Waals surface area contributed by atoms with Crippen molar-refractivity contribution in [3.05, 3.63) is 28.3 Å². The number of nitro groups is 1. The van der Waals surface area contributed by atoms with Crippen LogP contribution >= 0.6 is 0 Å². The summed E-state index contributed by atoms with van der Waals surface area (Å²) in [6, 6.07) is 3.87. The first-order valence-electron chi connectivity index (χ1n) is 4.67. The van der Waals surface area contributed by atoms with Gasteiger partial charge in [0, 0.05) is 12.1 Å². The molecule has 0 aliphatic rings. The first kappa shape index (κ1) is 12.8. The number of nitrogens with zero attached hydrogens (tertiary/aromatic N) is 1. The van der Waals surface area contributed by atoms with Crippen LogP contribution in [-0.2, 0) is 4.79 Å². The molecule has 7 heteroatoms. The maximum atomic E-state index is 10.7. The lowest BCUT2D eigenvalue weighted by Gasteiger charge is -2.11. The van der Waals surface area contributed by atoms with Gasteiger partial charge >= 0.3 is 11.7 Å². The molecule has 0 aliphatic heterocycles. The van der Waals surface area contributed by atoms with Crippen molar-refractivity contribution in [2.45, 2.75) is 13.0 Å². The number of ether oxygens (including phenoxy) is 2. The number of rotatable bonds is 5. The van der Waals surface area contributed by atoms with Gasteiger partial charge in [-0.05, 0) is 13.0 Å². The van der Waals surface area contributed by atoms with Gasteiger partial charge in [0.15, 0.2) is 6.10 Å². The smallest absolute Gasteiger partial charge is 0.344 e. The molecule has 0 fully saturated rings.